The van der Waals surface area contributed by atoms with E-state index >= 15 is 0 Å². The molecule has 2 rings (SSSR count). The number of hydrogen-bond acceptors (Lipinski definition) is 4. The van der Waals surface area contributed by atoms with Crippen molar-refractivity contribution in [2.24, 2.45) is 5.92 Å². The molecule has 122 valence electrons. The monoisotopic (exact) mass is 324 g/mol. The number of benzene rings is 1. The zero-order chi connectivity index (χ0) is 16.1. The normalized spacial score (nSPS) is 20.9. The van der Waals surface area contributed by atoms with Crippen LogP contribution in [0.5, 0.6) is 11.5 Å². The highest BCUT2D eigenvalue weighted by Gasteiger charge is 2.30. The van der Waals surface area contributed by atoms with Gasteiger partial charge in [0.1, 0.15) is 5.25 Å². The Kier molecular flexibility index (Phi) is 6.00. The lowest BCUT2D eigenvalue weighted by atomic mass is 9.91. The summed E-state index contributed by atoms with van der Waals surface area (Å²) in [5.41, 5.74) is 1.94. The summed E-state index contributed by atoms with van der Waals surface area (Å²) in [5.74, 6) is 1.89. The second kappa shape index (κ2) is 7.77. The molecule has 0 saturated carbocycles. The molecule has 0 aromatic heterocycles. The topological polar surface area (TPSA) is 55.8 Å². The number of carboxylic acid groups (broad SMARTS) is 1. The first-order valence-electron chi connectivity index (χ1n) is 7.69. The third-order valence-electron chi connectivity index (χ3n) is 4.13. The molecule has 0 aliphatic carbocycles. The van der Waals surface area contributed by atoms with Gasteiger partial charge < -0.3 is 14.6 Å². The fourth-order valence-corrected chi connectivity index (χ4v) is 4.22. The van der Waals surface area contributed by atoms with Crippen molar-refractivity contribution in [1.82, 2.24) is 0 Å². The predicted molar refractivity (Wildman–Crippen MR) is 89.1 cm³/mol. The Labute approximate surface area is 136 Å². The van der Waals surface area contributed by atoms with Crippen LogP contribution < -0.4 is 9.47 Å². The summed E-state index contributed by atoms with van der Waals surface area (Å²) in [4.78, 5) is 11.7. The van der Waals surface area contributed by atoms with E-state index in [1.165, 1.54) is 24.6 Å². The second-order valence-electron chi connectivity index (χ2n) is 5.67. The van der Waals surface area contributed by atoms with Crippen molar-refractivity contribution in [3.63, 3.8) is 0 Å². The van der Waals surface area contributed by atoms with E-state index in [0.717, 1.165) is 29.7 Å². The van der Waals surface area contributed by atoms with E-state index in [1.807, 2.05) is 12.1 Å². The Morgan fingerprint density at radius 1 is 1.32 bits per heavy atom. The molecule has 0 saturated heterocycles. The molecule has 1 aliphatic rings. The number of ether oxygens (including phenoxy) is 2. The number of rotatable bonds is 6. The minimum Gasteiger partial charge on any atom is -0.493 e. The summed E-state index contributed by atoms with van der Waals surface area (Å²) in [5, 5.41) is 9.04. The summed E-state index contributed by atoms with van der Waals surface area (Å²) in [7, 11) is 3.19. The lowest BCUT2D eigenvalue weighted by molar-refractivity contribution is -0.136. The SMILES string of the molecule is CCCCC1CSC(C(=O)O)c2cc(OC)c(OC)cc2C1. The van der Waals surface area contributed by atoms with Gasteiger partial charge in [-0.25, -0.2) is 0 Å². The van der Waals surface area contributed by atoms with E-state index in [9.17, 15) is 9.90 Å². The summed E-state index contributed by atoms with van der Waals surface area (Å²) in [6.45, 7) is 2.19. The van der Waals surface area contributed by atoms with Crippen LogP contribution in [0.1, 0.15) is 42.6 Å². The van der Waals surface area contributed by atoms with E-state index in [1.54, 1.807) is 14.2 Å². The van der Waals surface area contributed by atoms with Gasteiger partial charge in [0.25, 0.3) is 0 Å². The molecular weight excluding hydrogens is 300 g/mol. The van der Waals surface area contributed by atoms with E-state index in [0.29, 0.717) is 17.4 Å². The number of methoxy groups -OCH3 is 2. The van der Waals surface area contributed by atoms with Crippen LogP contribution in [0.25, 0.3) is 0 Å². The third kappa shape index (κ3) is 3.69. The van der Waals surface area contributed by atoms with Crippen molar-refractivity contribution in [3.8, 4) is 11.5 Å². The summed E-state index contributed by atoms with van der Waals surface area (Å²) >= 11 is 1.53. The number of unbranched alkanes of at least 4 members (excludes halogenated alkanes) is 1. The van der Waals surface area contributed by atoms with Gasteiger partial charge in [0.2, 0.25) is 0 Å². The lowest BCUT2D eigenvalue weighted by Gasteiger charge is -2.17. The van der Waals surface area contributed by atoms with E-state index < -0.39 is 11.2 Å². The van der Waals surface area contributed by atoms with Crippen LogP contribution in [0.15, 0.2) is 12.1 Å². The van der Waals surface area contributed by atoms with Crippen LogP contribution in [0.3, 0.4) is 0 Å². The van der Waals surface area contributed by atoms with Crippen molar-refractivity contribution in [3.05, 3.63) is 23.3 Å². The van der Waals surface area contributed by atoms with Crippen molar-refractivity contribution >= 4 is 17.7 Å². The van der Waals surface area contributed by atoms with Crippen LogP contribution in [0, 0.1) is 5.92 Å². The predicted octanol–water partition coefficient (Wildman–Crippen LogP) is 3.93. The first kappa shape index (κ1) is 17.0. The fraction of sp³-hybridized carbons (Fsp3) is 0.588. The molecule has 1 aliphatic heterocycles. The second-order valence-corrected chi connectivity index (χ2v) is 6.81. The average molecular weight is 324 g/mol. The van der Waals surface area contributed by atoms with Crippen LogP contribution >= 0.6 is 11.8 Å². The van der Waals surface area contributed by atoms with Crippen molar-refractivity contribution in [2.75, 3.05) is 20.0 Å². The van der Waals surface area contributed by atoms with Gasteiger partial charge in [-0.05, 0) is 47.8 Å². The zero-order valence-electron chi connectivity index (χ0n) is 13.4. The third-order valence-corrected chi connectivity index (χ3v) is 5.58. The Balaban J connectivity index is 2.40. The molecule has 1 heterocycles. The summed E-state index contributed by atoms with van der Waals surface area (Å²) in [6, 6.07) is 3.79. The molecule has 1 N–H and O–H groups in total. The molecule has 4 nitrogen and oxygen atoms in total. The molecule has 2 atom stereocenters. The highest BCUT2D eigenvalue weighted by atomic mass is 32.2. The molecule has 0 amide bonds. The molecule has 2 unspecified atom stereocenters. The largest absolute Gasteiger partial charge is 0.493 e. The quantitative estimate of drug-likeness (QED) is 0.859. The molecule has 1 aromatic carbocycles. The van der Waals surface area contributed by atoms with Gasteiger partial charge in [0.05, 0.1) is 14.2 Å². The smallest absolute Gasteiger partial charge is 0.321 e. The van der Waals surface area contributed by atoms with Crippen molar-refractivity contribution < 1.29 is 19.4 Å². The number of fused-ring (bicyclic) bond motifs is 1. The minimum atomic E-state index is -0.783. The molecule has 0 fully saturated rings. The first-order valence-corrected chi connectivity index (χ1v) is 8.74. The zero-order valence-corrected chi connectivity index (χ0v) is 14.2. The van der Waals surface area contributed by atoms with E-state index in [-0.39, 0.29) is 0 Å². The number of thioether (sulfide) groups is 1. The van der Waals surface area contributed by atoms with E-state index in [4.69, 9.17) is 9.47 Å². The van der Waals surface area contributed by atoms with E-state index in [2.05, 4.69) is 6.92 Å². The van der Waals surface area contributed by atoms with Gasteiger partial charge in [0.15, 0.2) is 11.5 Å². The molecule has 22 heavy (non-hydrogen) atoms. The molecular formula is C17H24O4S. The van der Waals surface area contributed by atoms with Crippen LogP contribution in [0.4, 0.5) is 0 Å². The number of aliphatic carboxylic acids is 1. The number of hydrogen-bond donors (Lipinski definition) is 1. The van der Waals surface area contributed by atoms with Crippen LogP contribution in [0.2, 0.25) is 0 Å². The van der Waals surface area contributed by atoms with Crippen LogP contribution in [-0.2, 0) is 11.2 Å². The first-order chi connectivity index (χ1) is 10.6. The number of carboxylic acids is 1. The number of carbonyl (C=O) groups is 1. The van der Waals surface area contributed by atoms with Gasteiger partial charge >= 0.3 is 5.97 Å². The van der Waals surface area contributed by atoms with Crippen molar-refractivity contribution in [2.45, 2.75) is 37.9 Å². The highest BCUT2D eigenvalue weighted by molar-refractivity contribution is 8.00. The van der Waals surface area contributed by atoms with Gasteiger partial charge in [-0.2, -0.15) is 0 Å². The van der Waals surface area contributed by atoms with Crippen molar-refractivity contribution in [1.29, 1.82) is 0 Å². The maximum absolute atomic E-state index is 11.7. The van der Waals surface area contributed by atoms with Gasteiger partial charge in [-0.3, -0.25) is 4.79 Å². The molecule has 0 spiro atoms. The minimum absolute atomic E-state index is 0.520. The Bertz CT molecular complexity index is 530. The maximum atomic E-state index is 11.7. The summed E-state index contributed by atoms with van der Waals surface area (Å²) in [6.07, 6.45) is 4.41. The van der Waals surface area contributed by atoms with Gasteiger partial charge in [-0.15, -0.1) is 11.8 Å². The molecule has 5 heteroatoms. The lowest BCUT2D eigenvalue weighted by Crippen LogP contribution is -2.09. The fourth-order valence-electron chi connectivity index (χ4n) is 2.93. The van der Waals surface area contributed by atoms with Gasteiger partial charge in [-0.1, -0.05) is 19.8 Å². The average Bonchev–Trinajstić information content (AvgIpc) is 2.69. The molecule has 0 radical (unpaired) electrons. The Morgan fingerprint density at radius 2 is 2.00 bits per heavy atom. The molecule has 0 bridgehead atoms. The molecule has 1 aromatic rings. The van der Waals surface area contributed by atoms with Gasteiger partial charge in [0, 0.05) is 0 Å². The Hall–Kier alpha value is -1.36. The summed E-state index contributed by atoms with van der Waals surface area (Å²) < 4.78 is 10.7. The highest BCUT2D eigenvalue weighted by Crippen LogP contribution is 2.43. The maximum Gasteiger partial charge on any atom is 0.321 e. The van der Waals surface area contributed by atoms with Crippen LogP contribution in [-0.4, -0.2) is 31.0 Å². The standard InChI is InChI=1S/C17H24O4S/c1-4-5-6-11-7-12-8-14(20-2)15(21-3)9-13(12)16(17(18)19)22-10-11/h8-9,11,16H,4-7,10H2,1-3H3,(H,18,19). The Morgan fingerprint density at radius 3 is 2.59 bits per heavy atom.